The fourth-order valence-corrected chi connectivity index (χ4v) is 2.14. The molecule has 0 aromatic rings. The number of aliphatic hydroxyl groups excluding tert-OH is 1. The summed E-state index contributed by atoms with van der Waals surface area (Å²) in [6.45, 7) is 3.10. The third kappa shape index (κ3) is 3.17. The zero-order valence-corrected chi connectivity index (χ0v) is 10.4. The Morgan fingerprint density at radius 2 is 2.25 bits per heavy atom. The molecule has 1 fully saturated rings. The van der Waals surface area contributed by atoms with Gasteiger partial charge in [0.25, 0.3) is 0 Å². The van der Waals surface area contributed by atoms with E-state index in [0.29, 0.717) is 19.4 Å². The number of likely N-dealkylation sites (tertiary alicyclic amines) is 1. The molecule has 3 unspecified atom stereocenters. The molecular weight excluding hydrogens is 206 g/mol. The van der Waals surface area contributed by atoms with E-state index in [9.17, 15) is 9.90 Å². The van der Waals surface area contributed by atoms with Crippen LogP contribution >= 0.6 is 0 Å². The van der Waals surface area contributed by atoms with Crippen LogP contribution in [0.2, 0.25) is 0 Å². The van der Waals surface area contributed by atoms with E-state index in [2.05, 4.69) is 0 Å². The normalized spacial score (nSPS) is 27.5. The predicted molar refractivity (Wildman–Crippen MR) is 62.9 cm³/mol. The summed E-state index contributed by atoms with van der Waals surface area (Å²) in [5.74, 6) is -0.0362. The zero-order valence-electron chi connectivity index (χ0n) is 10.4. The Kier molecular flexibility index (Phi) is 4.70. The van der Waals surface area contributed by atoms with Crippen molar-refractivity contribution < 1.29 is 9.90 Å². The van der Waals surface area contributed by atoms with Gasteiger partial charge in [-0.15, -0.1) is 0 Å². The molecule has 3 atom stereocenters. The minimum atomic E-state index is -0.435. The molecule has 1 rings (SSSR count). The van der Waals surface area contributed by atoms with Gasteiger partial charge in [0.15, 0.2) is 0 Å². The van der Waals surface area contributed by atoms with E-state index in [4.69, 9.17) is 5.73 Å². The lowest BCUT2D eigenvalue weighted by Gasteiger charge is -2.28. The minimum Gasteiger partial charge on any atom is -0.391 e. The Morgan fingerprint density at radius 3 is 2.75 bits per heavy atom. The lowest BCUT2D eigenvalue weighted by atomic mass is 10.1. The Bertz CT molecular complexity index is 245. The molecule has 1 saturated heterocycles. The summed E-state index contributed by atoms with van der Waals surface area (Å²) < 4.78 is 0. The number of nitrogens with two attached hydrogens (primary N) is 1. The fraction of sp³-hybridized carbons (Fsp3) is 0.909. The number of likely N-dealkylation sites (N-methyl/N-ethyl adjacent to an activating group) is 1. The number of hydrogen-bond donors (Lipinski definition) is 2. The van der Waals surface area contributed by atoms with Gasteiger partial charge in [-0.25, -0.2) is 0 Å². The van der Waals surface area contributed by atoms with Crippen molar-refractivity contribution in [3.8, 4) is 0 Å². The molecule has 0 saturated carbocycles. The molecule has 0 radical (unpaired) electrons. The zero-order chi connectivity index (χ0) is 12.3. The molecule has 16 heavy (non-hydrogen) atoms. The average molecular weight is 229 g/mol. The van der Waals surface area contributed by atoms with Crippen LogP contribution in [-0.4, -0.2) is 66.2 Å². The molecule has 1 aliphatic heterocycles. The molecule has 0 spiro atoms. The largest absolute Gasteiger partial charge is 0.391 e. The van der Waals surface area contributed by atoms with Crippen LogP contribution in [0.15, 0.2) is 0 Å². The summed E-state index contributed by atoms with van der Waals surface area (Å²) in [5.41, 5.74) is 5.75. The van der Waals surface area contributed by atoms with Gasteiger partial charge in [0.1, 0.15) is 0 Å². The van der Waals surface area contributed by atoms with Gasteiger partial charge < -0.3 is 20.6 Å². The number of β-amino-alcohol motifs (C(OH)–C–C–N with tert-alkyl or cyclic N) is 1. The quantitative estimate of drug-likeness (QED) is 0.665. The first kappa shape index (κ1) is 13.4. The minimum absolute atomic E-state index is 0.0362. The molecule has 1 amide bonds. The molecule has 0 aromatic carbocycles. The number of hydrogen-bond acceptors (Lipinski definition) is 4. The highest BCUT2D eigenvalue weighted by Gasteiger charge is 2.35. The molecule has 0 bridgehead atoms. The molecule has 1 heterocycles. The Balaban J connectivity index is 2.65. The summed E-state index contributed by atoms with van der Waals surface area (Å²) >= 11 is 0. The van der Waals surface area contributed by atoms with E-state index in [0.717, 1.165) is 6.54 Å². The fourth-order valence-electron chi connectivity index (χ4n) is 2.14. The van der Waals surface area contributed by atoms with Crippen LogP contribution in [0.25, 0.3) is 0 Å². The molecule has 94 valence electrons. The van der Waals surface area contributed by atoms with E-state index in [-0.39, 0.29) is 11.9 Å². The van der Waals surface area contributed by atoms with Gasteiger partial charge >= 0.3 is 0 Å². The lowest BCUT2D eigenvalue weighted by Crippen LogP contribution is -2.48. The number of aliphatic hydroxyl groups is 1. The van der Waals surface area contributed by atoms with Crippen LogP contribution in [0.3, 0.4) is 0 Å². The number of carbonyl (C=O) groups is 1. The SMILES string of the molecule is CCC(N)C(=O)N1CC(O)CC1CN(C)C. The number of amides is 1. The van der Waals surface area contributed by atoms with Crippen LogP contribution in [0, 0.1) is 0 Å². The highest BCUT2D eigenvalue weighted by molar-refractivity contribution is 5.82. The summed E-state index contributed by atoms with van der Waals surface area (Å²) in [4.78, 5) is 15.7. The van der Waals surface area contributed by atoms with Crippen LogP contribution in [-0.2, 0) is 4.79 Å². The van der Waals surface area contributed by atoms with Crippen molar-refractivity contribution in [2.45, 2.75) is 38.0 Å². The summed E-state index contributed by atoms with van der Waals surface area (Å²) in [7, 11) is 3.93. The van der Waals surface area contributed by atoms with Crippen molar-refractivity contribution >= 4 is 5.91 Å². The van der Waals surface area contributed by atoms with E-state index in [1.54, 1.807) is 4.90 Å². The third-order valence-corrected chi connectivity index (χ3v) is 3.01. The summed E-state index contributed by atoms with van der Waals surface area (Å²) in [6.07, 6.45) is 0.887. The van der Waals surface area contributed by atoms with Gasteiger partial charge in [-0.05, 0) is 26.9 Å². The topological polar surface area (TPSA) is 69.8 Å². The van der Waals surface area contributed by atoms with Gasteiger partial charge in [0.05, 0.1) is 12.1 Å². The second-order valence-electron chi connectivity index (χ2n) is 4.81. The van der Waals surface area contributed by atoms with Gasteiger partial charge in [0.2, 0.25) is 5.91 Å². The molecule has 0 aromatic heterocycles. The van der Waals surface area contributed by atoms with Gasteiger partial charge in [-0.2, -0.15) is 0 Å². The van der Waals surface area contributed by atoms with E-state index < -0.39 is 12.1 Å². The van der Waals surface area contributed by atoms with Crippen molar-refractivity contribution in [3.05, 3.63) is 0 Å². The average Bonchev–Trinajstić information content (AvgIpc) is 2.56. The maximum Gasteiger partial charge on any atom is 0.239 e. The van der Waals surface area contributed by atoms with Crippen molar-refractivity contribution in [2.24, 2.45) is 5.73 Å². The Morgan fingerprint density at radius 1 is 1.62 bits per heavy atom. The summed E-state index contributed by atoms with van der Waals surface area (Å²) in [5, 5.41) is 9.63. The molecule has 3 N–H and O–H groups in total. The standard InChI is InChI=1S/C11H23N3O2/c1-4-10(12)11(16)14-7-9(15)5-8(14)6-13(2)3/h8-10,15H,4-7,12H2,1-3H3. The van der Waals surface area contributed by atoms with Crippen molar-refractivity contribution in [1.82, 2.24) is 9.80 Å². The first-order valence-corrected chi connectivity index (χ1v) is 5.84. The van der Waals surface area contributed by atoms with Crippen LogP contribution in [0.5, 0.6) is 0 Å². The number of nitrogens with zero attached hydrogens (tertiary/aromatic N) is 2. The number of rotatable bonds is 4. The van der Waals surface area contributed by atoms with Gasteiger partial charge in [-0.1, -0.05) is 6.92 Å². The molecule has 5 nitrogen and oxygen atoms in total. The van der Waals surface area contributed by atoms with Crippen LogP contribution in [0.4, 0.5) is 0 Å². The van der Waals surface area contributed by atoms with Crippen LogP contribution < -0.4 is 5.73 Å². The predicted octanol–water partition coefficient (Wildman–Crippen LogP) is -0.753. The lowest BCUT2D eigenvalue weighted by molar-refractivity contribution is -0.134. The smallest absolute Gasteiger partial charge is 0.239 e. The second-order valence-corrected chi connectivity index (χ2v) is 4.81. The van der Waals surface area contributed by atoms with Gasteiger partial charge in [-0.3, -0.25) is 4.79 Å². The maximum atomic E-state index is 12.0. The molecular formula is C11H23N3O2. The number of carbonyl (C=O) groups excluding carboxylic acids is 1. The molecule has 1 aliphatic rings. The maximum absolute atomic E-state index is 12.0. The van der Waals surface area contributed by atoms with Gasteiger partial charge in [0, 0.05) is 19.1 Å². The van der Waals surface area contributed by atoms with Crippen LogP contribution in [0.1, 0.15) is 19.8 Å². The summed E-state index contributed by atoms with van der Waals surface area (Å²) in [6, 6.07) is -0.343. The van der Waals surface area contributed by atoms with E-state index in [1.165, 1.54) is 0 Å². The second kappa shape index (κ2) is 5.61. The van der Waals surface area contributed by atoms with Crippen molar-refractivity contribution in [3.63, 3.8) is 0 Å². The van der Waals surface area contributed by atoms with Crippen molar-refractivity contribution in [1.29, 1.82) is 0 Å². The highest BCUT2D eigenvalue weighted by Crippen LogP contribution is 2.19. The molecule has 5 heteroatoms. The molecule has 0 aliphatic carbocycles. The Labute approximate surface area is 97.2 Å². The Hall–Kier alpha value is -0.650. The highest BCUT2D eigenvalue weighted by atomic mass is 16.3. The monoisotopic (exact) mass is 229 g/mol. The van der Waals surface area contributed by atoms with E-state index >= 15 is 0 Å². The first-order chi connectivity index (χ1) is 7.45. The first-order valence-electron chi connectivity index (χ1n) is 5.84. The van der Waals surface area contributed by atoms with E-state index in [1.807, 2.05) is 25.9 Å². The van der Waals surface area contributed by atoms with Crippen molar-refractivity contribution in [2.75, 3.05) is 27.2 Å². The third-order valence-electron chi connectivity index (χ3n) is 3.01.